The molecule has 0 radical (unpaired) electrons. The van der Waals surface area contributed by atoms with E-state index in [1.54, 1.807) is 0 Å². The van der Waals surface area contributed by atoms with Crippen molar-refractivity contribution in [1.29, 1.82) is 0 Å². The normalized spacial score (nSPS) is 22.6. The first-order valence-electron chi connectivity index (χ1n) is 8.98. The van der Waals surface area contributed by atoms with E-state index in [4.69, 9.17) is 0 Å². The molecule has 3 rings (SSSR count). The number of likely N-dealkylation sites (tertiary alicyclic amines) is 1. The Bertz CT molecular complexity index is 529. The highest BCUT2D eigenvalue weighted by Gasteiger charge is 2.25. The van der Waals surface area contributed by atoms with E-state index in [1.807, 2.05) is 36.3 Å². The molecule has 0 spiro atoms. The summed E-state index contributed by atoms with van der Waals surface area (Å²) in [6.45, 7) is 4.98. The van der Waals surface area contributed by atoms with Gasteiger partial charge in [0.25, 0.3) is 0 Å². The number of piperidine rings is 1. The van der Waals surface area contributed by atoms with Gasteiger partial charge in [0.15, 0.2) is 0 Å². The molecule has 2 aliphatic heterocycles. The van der Waals surface area contributed by atoms with Gasteiger partial charge in [-0.25, -0.2) is 9.78 Å². The van der Waals surface area contributed by atoms with Crippen LogP contribution < -0.4 is 10.2 Å². The summed E-state index contributed by atoms with van der Waals surface area (Å²) in [6.07, 6.45) is 4.97. The van der Waals surface area contributed by atoms with Gasteiger partial charge in [0.1, 0.15) is 5.82 Å². The van der Waals surface area contributed by atoms with Crippen LogP contribution in [0.25, 0.3) is 0 Å². The van der Waals surface area contributed by atoms with Crippen LogP contribution in [0.5, 0.6) is 0 Å². The van der Waals surface area contributed by atoms with Crippen molar-refractivity contribution in [2.24, 2.45) is 5.92 Å². The summed E-state index contributed by atoms with van der Waals surface area (Å²) in [4.78, 5) is 23.3. The van der Waals surface area contributed by atoms with Gasteiger partial charge in [-0.2, -0.15) is 0 Å². The second-order valence-corrected chi connectivity index (χ2v) is 7.20. The van der Waals surface area contributed by atoms with E-state index in [9.17, 15) is 4.79 Å². The SMILES string of the molecule is CN1CC[C@@H](CN(C)C(=O)NC2CCN(c3ccccn3)CC2)C1. The molecule has 132 valence electrons. The molecule has 0 saturated carbocycles. The predicted molar refractivity (Wildman–Crippen MR) is 96.2 cm³/mol. The summed E-state index contributed by atoms with van der Waals surface area (Å²) in [5.74, 6) is 1.64. The number of anilines is 1. The van der Waals surface area contributed by atoms with E-state index in [0.717, 1.165) is 51.4 Å². The molecule has 0 aromatic carbocycles. The van der Waals surface area contributed by atoms with Crippen molar-refractivity contribution >= 4 is 11.8 Å². The number of rotatable bonds is 4. The molecule has 1 aromatic rings. The number of nitrogens with zero attached hydrogens (tertiary/aromatic N) is 4. The summed E-state index contributed by atoms with van der Waals surface area (Å²) < 4.78 is 0. The highest BCUT2D eigenvalue weighted by atomic mass is 16.2. The lowest BCUT2D eigenvalue weighted by molar-refractivity contribution is 0.194. The van der Waals surface area contributed by atoms with E-state index in [2.05, 4.69) is 27.1 Å². The number of carbonyl (C=O) groups is 1. The van der Waals surface area contributed by atoms with Crippen molar-refractivity contribution in [2.45, 2.75) is 25.3 Å². The third-order valence-corrected chi connectivity index (χ3v) is 5.16. The van der Waals surface area contributed by atoms with Crippen LogP contribution in [0.1, 0.15) is 19.3 Å². The molecule has 1 N–H and O–H groups in total. The Labute approximate surface area is 144 Å². The third kappa shape index (κ3) is 4.38. The van der Waals surface area contributed by atoms with Gasteiger partial charge in [0, 0.05) is 45.5 Å². The summed E-state index contributed by atoms with van der Waals surface area (Å²) in [5.41, 5.74) is 0. The number of carbonyl (C=O) groups excluding carboxylic acids is 1. The maximum atomic E-state index is 12.4. The minimum atomic E-state index is 0.0702. The molecule has 2 aliphatic rings. The highest BCUT2D eigenvalue weighted by Crippen LogP contribution is 2.18. The summed E-state index contributed by atoms with van der Waals surface area (Å²) in [5, 5.41) is 3.20. The summed E-state index contributed by atoms with van der Waals surface area (Å²) in [7, 11) is 4.06. The zero-order valence-electron chi connectivity index (χ0n) is 14.8. The Morgan fingerprint density at radius 3 is 2.71 bits per heavy atom. The lowest BCUT2D eigenvalue weighted by atomic mass is 10.1. The van der Waals surface area contributed by atoms with E-state index in [0.29, 0.717) is 5.92 Å². The topological polar surface area (TPSA) is 51.7 Å². The standard InChI is InChI=1S/C18H29N5O/c1-21-10-6-15(13-21)14-22(2)18(24)20-16-7-11-23(12-8-16)17-5-3-4-9-19-17/h3-5,9,15-16H,6-8,10-14H2,1-2H3,(H,20,24)/t15-/m1/s1. The van der Waals surface area contributed by atoms with Gasteiger partial charge in [-0.05, 0) is 50.9 Å². The first-order chi connectivity index (χ1) is 11.6. The van der Waals surface area contributed by atoms with Gasteiger partial charge in [-0.15, -0.1) is 0 Å². The summed E-state index contributed by atoms with van der Waals surface area (Å²) >= 11 is 0. The van der Waals surface area contributed by atoms with Gasteiger partial charge in [-0.3, -0.25) is 0 Å². The van der Waals surface area contributed by atoms with Crippen LogP contribution in [0.4, 0.5) is 10.6 Å². The minimum absolute atomic E-state index is 0.0702. The number of nitrogens with one attached hydrogen (secondary N) is 1. The second-order valence-electron chi connectivity index (χ2n) is 7.20. The molecule has 6 heteroatoms. The van der Waals surface area contributed by atoms with Crippen LogP contribution in [-0.2, 0) is 0 Å². The smallest absolute Gasteiger partial charge is 0.317 e. The molecule has 0 bridgehead atoms. The number of urea groups is 1. The maximum Gasteiger partial charge on any atom is 0.317 e. The fourth-order valence-corrected chi connectivity index (χ4v) is 3.72. The third-order valence-electron chi connectivity index (χ3n) is 5.16. The van der Waals surface area contributed by atoms with Crippen molar-refractivity contribution in [3.8, 4) is 0 Å². The molecule has 1 atom stereocenters. The molecule has 3 heterocycles. The van der Waals surface area contributed by atoms with E-state index >= 15 is 0 Å². The van der Waals surface area contributed by atoms with E-state index in [-0.39, 0.29) is 12.1 Å². The van der Waals surface area contributed by atoms with Crippen molar-refractivity contribution in [1.82, 2.24) is 20.1 Å². The lowest BCUT2D eigenvalue weighted by Crippen LogP contribution is -2.49. The first kappa shape index (κ1) is 17.0. The van der Waals surface area contributed by atoms with E-state index < -0.39 is 0 Å². The van der Waals surface area contributed by atoms with Gasteiger partial charge in [0.2, 0.25) is 0 Å². The molecule has 6 nitrogen and oxygen atoms in total. The Kier molecular flexibility index (Phi) is 5.56. The molecule has 1 aromatic heterocycles. The van der Waals surface area contributed by atoms with Gasteiger partial charge >= 0.3 is 6.03 Å². The fourth-order valence-electron chi connectivity index (χ4n) is 3.72. The number of hydrogen-bond acceptors (Lipinski definition) is 4. The van der Waals surface area contributed by atoms with Crippen LogP contribution in [0.2, 0.25) is 0 Å². The Hall–Kier alpha value is -1.82. The zero-order valence-corrected chi connectivity index (χ0v) is 14.8. The van der Waals surface area contributed by atoms with Gasteiger partial charge < -0.3 is 20.0 Å². The highest BCUT2D eigenvalue weighted by molar-refractivity contribution is 5.74. The van der Waals surface area contributed by atoms with Gasteiger partial charge in [0.05, 0.1) is 0 Å². The largest absolute Gasteiger partial charge is 0.356 e. The minimum Gasteiger partial charge on any atom is -0.356 e. The van der Waals surface area contributed by atoms with Crippen LogP contribution in [0.15, 0.2) is 24.4 Å². The van der Waals surface area contributed by atoms with Crippen molar-refractivity contribution in [2.75, 3.05) is 51.7 Å². The first-order valence-corrected chi connectivity index (χ1v) is 8.98. The van der Waals surface area contributed by atoms with Crippen LogP contribution in [0, 0.1) is 5.92 Å². The number of pyridine rings is 1. The molecule has 0 unspecified atom stereocenters. The number of amides is 2. The molecule has 24 heavy (non-hydrogen) atoms. The van der Waals surface area contributed by atoms with Gasteiger partial charge in [-0.1, -0.05) is 6.07 Å². The monoisotopic (exact) mass is 331 g/mol. The van der Waals surface area contributed by atoms with Crippen LogP contribution in [0.3, 0.4) is 0 Å². The van der Waals surface area contributed by atoms with E-state index in [1.165, 1.54) is 6.42 Å². The maximum absolute atomic E-state index is 12.4. The molecule has 2 amide bonds. The van der Waals surface area contributed by atoms with Crippen molar-refractivity contribution in [3.63, 3.8) is 0 Å². The lowest BCUT2D eigenvalue weighted by Gasteiger charge is -2.34. The molecular formula is C18H29N5O. The molecular weight excluding hydrogens is 302 g/mol. The molecule has 0 aliphatic carbocycles. The Morgan fingerprint density at radius 1 is 1.29 bits per heavy atom. The average Bonchev–Trinajstić information content (AvgIpc) is 3.01. The number of hydrogen-bond donors (Lipinski definition) is 1. The zero-order chi connectivity index (χ0) is 16.9. The summed E-state index contributed by atoms with van der Waals surface area (Å²) in [6, 6.07) is 6.35. The Balaban J connectivity index is 1.41. The van der Waals surface area contributed by atoms with Crippen molar-refractivity contribution < 1.29 is 4.79 Å². The number of aromatic nitrogens is 1. The van der Waals surface area contributed by atoms with Crippen LogP contribution in [-0.4, -0.2) is 73.7 Å². The fraction of sp³-hybridized carbons (Fsp3) is 0.667. The molecule has 2 fully saturated rings. The van der Waals surface area contributed by atoms with Crippen LogP contribution >= 0.6 is 0 Å². The quantitative estimate of drug-likeness (QED) is 0.911. The average molecular weight is 331 g/mol. The Morgan fingerprint density at radius 2 is 2.08 bits per heavy atom. The second kappa shape index (κ2) is 7.83. The van der Waals surface area contributed by atoms with Crippen molar-refractivity contribution in [3.05, 3.63) is 24.4 Å². The predicted octanol–water partition coefficient (Wildman–Crippen LogP) is 1.64. The molecule has 2 saturated heterocycles.